The minimum Gasteiger partial charge on any atom is -0.353 e. The molecule has 1 aromatic heterocycles. The smallest absolute Gasteiger partial charge is 0.151 e. The first kappa shape index (κ1) is 9.82. The number of hydrogen-bond acceptors (Lipinski definition) is 3. The topological polar surface area (TPSA) is 37.8 Å². The third-order valence-electron chi connectivity index (χ3n) is 1.43. The molecule has 0 bridgehead atoms. The lowest BCUT2D eigenvalue weighted by Gasteiger charge is -2.19. The van der Waals surface area contributed by atoms with E-state index < -0.39 is 5.54 Å². The van der Waals surface area contributed by atoms with Crippen molar-refractivity contribution in [3.8, 4) is 12.3 Å². The lowest BCUT2D eigenvalue weighted by Crippen LogP contribution is -2.29. The zero-order valence-electron chi connectivity index (χ0n) is 7.50. The highest BCUT2D eigenvalue weighted by molar-refractivity contribution is 6.29. The van der Waals surface area contributed by atoms with Crippen molar-refractivity contribution in [2.75, 3.05) is 5.32 Å². The Balaban J connectivity index is 2.77. The van der Waals surface area contributed by atoms with Gasteiger partial charge < -0.3 is 5.32 Å². The van der Waals surface area contributed by atoms with E-state index in [1.165, 1.54) is 0 Å². The van der Waals surface area contributed by atoms with E-state index in [9.17, 15) is 0 Å². The van der Waals surface area contributed by atoms with Crippen LogP contribution in [0.4, 0.5) is 5.82 Å². The molecule has 1 N–H and O–H groups in total. The summed E-state index contributed by atoms with van der Waals surface area (Å²) in [6.45, 7) is 3.76. The second kappa shape index (κ2) is 3.63. The van der Waals surface area contributed by atoms with Crippen LogP contribution < -0.4 is 5.32 Å². The molecule has 3 nitrogen and oxygen atoms in total. The van der Waals surface area contributed by atoms with Crippen molar-refractivity contribution in [2.45, 2.75) is 19.4 Å². The average molecular weight is 196 g/mol. The Morgan fingerprint density at radius 2 is 2.15 bits per heavy atom. The van der Waals surface area contributed by atoms with Crippen molar-refractivity contribution in [3.05, 3.63) is 17.3 Å². The van der Waals surface area contributed by atoms with Gasteiger partial charge in [-0.3, -0.25) is 0 Å². The monoisotopic (exact) mass is 195 g/mol. The zero-order valence-corrected chi connectivity index (χ0v) is 8.26. The van der Waals surface area contributed by atoms with Crippen molar-refractivity contribution in [1.29, 1.82) is 0 Å². The van der Waals surface area contributed by atoms with Crippen LogP contribution in [-0.2, 0) is 0 Å². The van der Waals surface area contributed by atoms with Gasteiger partial charge in [-0.15, -0.1) is 16.6 Å². The third kappa shape index (κ3) is 2.92. The summed E-state index contributed by atoms with van der Waals surface area (Å²) in [6, 6.07) is 3.39. The predicted molar refractivity (Wildman–Crippen MR) is 53.6 cm³/mol. The number of halogens is 1. The van der Waals surface area contributed by atoms with Gasteiger partial charge in [-0.2, -0.15) is 0 Å². The summed E-state index contributed by atoms with van der Waals surface area (Å²) < 4.78 is 0. The molecule has 0 aliphatic carbocycles. The third-order valence-corrected chi connectivity index (χ3v) is 1.63. The molecule has 0 aromatic carbocycles. The Labute approximate surface area is 82.5 Å². The molecule has 0 saturated heterocycles. The van der Waals surface area contributed by atoms with Gasteiger partial charge in [-0.05, 0) is 26.0 Å². The quantitative estimate of drug-likeness (QED) is 0.734. The van der Waals surface area contributed by atoms with E-state index in [-0.39, 0.29) is 0 Å². The van der Waals surface area contributed by atoms with E-state index in [0.29, 0.717) is 11.0 Å². The maximum Gasteiger partial charge on any atom is 0.151 e. The molecule has 0 aliphatic heterocycles. The maximum atomic E-state index is 5.58. The fourth-order valence-electron chi connectivity index (χ4n) is 0.739. The van der Waals surface area contributed by atoms with Gasteiger partial charge in [-0.25, -0.2) is 0 Å². The molecular weight excluding hydrogens is 186 g/mol. The second-order valence-corrected chi connectivity index (χ2v) is 3.52. The second-order valence-electron chi connectivity index (χ2n) is 3.14. The van der Waals surface area contributed by atoms with Crippen LogP contribution >= 0.6 is 11.6 Å². The van der Waals surface area contributed by atoms with Crippen LogP contribution in [0.15, 0.2) is 12.1 Å². The largest absolute Gasteiger partial charge is 0.353 e. The number of nitrogens with one attached hydrogen (secondary N) is 1. The Kier molecular flexibility index (Phi) is 2.74. The number of nitrogens with zero attached hydrogens (tertiary/aromatic N) is 2. The Morgan fingerprint density at radius 1 is 1.46 bits per heavy atom. The molecule has 1 rings (SSSR count). The summed E-state index contributed by atoms with van der Waals surface area (Å²) in [5.41, 5.74) is -0.428. The van der Waals surface area contributed by atoms with E-state index in [0.717, 1.165) is 0 Å². The van der Waals surface area contributed by atoms with Gasteiger partial charge in [0.25, 0.3) is 0 Å². The standard InChI is InChI=1S/C9H10ClN3/c1-4-9(2,3)11-8-6-5-7(10)12-13-8/h1,5-6H,2-3H3,(H,11,13). The van der Waals surface area contributed by atoms with Gasteiger partial charge >= 0.3 is 0 Å². The van der Waals surface area contributed by atoms with E-state index in [1.54, 1.807) is 12.1 Å². The molecule has 13 heavy (non-hydrogen) atoms. The van der Waals surface area contributed by atoms with Crippen LogP contribution in [-0.4, -0.2) is 15.7 Å². The van der Waals surface area contributed by atoms with Gasteiger partial charge in [0, 0.05) is 0 Å². The fraction of sp³-hybridized carbons (Fsp3) is 0.333. The highest BCUT2D eigenvalue weighted by Gasteiger charge is 2.13. The maximum absolute atomic E-state index is 5.58. The molecule has 1 heterocycles. The average Bonchev–Trinajstić information content (AvgIpc) is 2.09. The minimum atomic E-state index is -0.428. The van der Waals surface area contributed by atoms with Crippen LogP contribution in [0.1, 0.15) is 13.8 Å². The molecule has 4 heteroatoms. The van der Waals surface area contributed by atoms with Crippen molar-refractivity contribution in [2.24, 2.45) is 0 Å². The molecule has 0 fully saturated rings. The van der Waals surface area contributed by atoms with Crippen LogP contribution in [0.25, 0.3) is 0 Å². The highest BCUT2D eigenvalue weighted by atomic mass is 35.5. The first-order valence-corrected chi connectivity index (χ1v) is 4.16. The molecular formula is C9H10ClN3. The molecule has 0 unspecified atom stereocenters. The molecule has 0 saturated carbocycles. The fourth-order valence-corrected chi connectivity index (χ4v) is 0.840. The Bertz CT molecular complexity index is 324. The normalized spacial score (nSPS) is 10.6. The van der Waals surface area contributed by atoms with Crippen LogP contribution in [0.2, 0.25) is 5.15 Å². The lowest BCUT2D eigenvalue weighted by atomic mass is 10.1. The molecule has 0 spiro atoms. The van der Waals surface area contributed by atoms with Crippen LogP contribution in [0.5, 0.6) is 0 Å². The summed E-state index contributed by atoms with van der Waals surface area (Å²) in [6.07, 6.45) is 5.30. The number of hydrogen-bond donors (Lipinski definition) is 1. The molecule has 0 amide bonds. The van der Waals surface area contributed by atoms with Gasteiger partial charge in [0.15, 0.2) is 5.15 Å². The molecule has 0 radical (unpaired) electrons. The number of anilines is 1. The molecule has 68 valence electrons. The van der Waals surface area contributed by atoms with Crippen molar-refractivity contribution >= 4 is 17.4 Å². The Morgan fingerprint density at radius 3 is 2.62 bits per heavy atom. The summed E-state index contributed by atoms with van der Waals surface area (Å²) in [5.74, 6) is 3.21. The van der Waals surface area contributed by atoms with Gasteiger partial charge in [-0.1, -0.05) is 17.5 Å². The number of rotatable bonds is 2. The summed E-state index contributed by atoms with van der Waals surface area (Å²) in [7, 11) is 0. The van der Waals surface area contributed by atoms with E-state index in [4.69, 9.17) is 18.0 Å². The first-order chi connectivity index (χ1) is 6.03. The van der Waals surface area contributed by atoms with E-state index in [2.05, 4.69) is 21.4 Å². The van der Waals surface area contributed by atoms with Gasteiger partial charge in [0.1, 0.15) is 5.82 Å². The number of aromatic nitrogens is 2. The minimum absolute atomic E-state index is 0.365. The summed E-state index contributed by atoms with van der Waals surface area (Å²) in [4.78, 5) is 0. The van der Waals surface area contributed by atoms with E-state index >= 15 is 0 Å². The van der Waals surface area contributed by atoms with Gasteiger partial charge in [0.05, 0.1) is 5.54 Å². The SMILES string of the molecule is C#CC(C)(C)Nc1ccc(Cl)nn1. The van der Waals surface area contributed by atoms with Crippen molar-refractivity contribution in [1.82, 2.24) is 10.2 Å². The molecule has 0 atom stereocenters. The van der Waals surface area contributed by atoms with Crippen molar-refractivity contribution in [3.63, 3.8) is 0 Å². The molecule has 0 aliphatic rings. The number of terminal acetylenes is 1. The van der Waals surface area contributed by atoms with E-state index in [1.807, 2.05) is 13.8 Å². The van der Waals surface area contributed by atoms with Crippen LogP contribution in [0, 0.1) is 12.3 Å². The summed E-state index contributed by atoms with van der Waals surface area (Å²) in [5, 5.41) is 10.9. The van der Waals surface area contributed by atoms with Crippen LogP contribution in [0.3, 0.4) is 0 Å². The molecule has 1 aromatic rings. The lowest BCUT2D eigenvalue weighted by molar-refractivity contribution is 0.731. The summed E-state index contributed by atoms with van der Waals surface area (Å²) >= 11 is 5.58. The van der Waals surface area contributed by atoms with Gasteiger partial charge in [0.2, 0.25) is 0 Å². The Hall–Kier alpha value is -1.27. The first-order valence-electron chi connectivity index (χ1n) is 3.79. The zero-order chi connectivity index (χ0) is 9.90. The van der Waals surface area contributed by atoms with Crippen molar-refractivity contribution < 1.29 is 0 Å². The highest BCUT2D eigenvalue weighted by Crippen LogP contribution is 2.12. The predicted octanol–water partition coefficient (Wildman–Crippen LogP) is 1.95.